The van der Waals surface area contributed by atoms with Crippen LogP contribution in [-0.2, 0) is 9.59 Å². The lowest BCUT2D eigenvalue weighted by Gasteiger charge is -2.20. The molecule has 2 rings (SSSR count). The zero-order valence-electron chi connectivity index (χ0n) is 11.2. The van der Waals surface area contributed by atoms with Crippen molar-refractivity contribution in [1.29, 1.82) is 0 Å². The van der Waals surface area contributed by atoms with E-state index in [1.807, 2.05) is 0 Å². The van der Waals surface area contributed by atoms with E-state index in [4.69, 9.17) is 5.11 Å². The quantitative estimate of drug-likeness (QED) is 0.862. The number of hydrogen-bond acceptors (Lipinski definition) is 2. The first-order valence-electron chi connectivity index (χ1n) is 6.46. The molecule has 1 heterocycles. The number of carboxylic acids is 1. The number of rotatable bonds is 3. The molecule has 1 saturated heterocycles. The van der Waals surface area contributed by atoms with Crippen LogP contribution in [0.3, 0.4) is 0 Å². The van der Waals surface area contributed by atoms with E-state index in [1.165, 1.54) is 23.1 Å². The van der Waals surface area contributed by atoms with Crippen LogP contribution in [0.15, 0.2) is 30.3 Å². The predicted octanol–water partition coefficient (Wildman–Crippen LogP) is 2.30. The summed E-state index contributed by atoms with van der Waals surface area (Å²) >= 11 is 0. The Kier molecular flexibility index (Phi) is 4.17. The Labute approximate surface area is 116 Å². The van der Waals surface area contributed by atoms with Crippen molar-refractivity contribution in [2.75, 3.05) is 6.54 Å². The maximum absolute atomic E-state index is 13.1. The zero-order valence-corrected chi connectivity index (χ0v) is 11.2. The molecule has 5 heteroatoms. The first-order chi connectivity index (χ1) is 9.49. The van der Waals surface area contributed by atoms with Crippen molar-refractivity contribution in [3.8, 4) is 0 Å². The number of benzene rings is 1. The van der Waals surface area contributed by atoms with Crippen LogP contribution in [0.2, 0.25) is 0 Å². The maximum atomic E-state index is 13.1. The number of carbonyl (C=O) groups is 2. The summed E-state index contributed by atoms with van der Waals surface area (Å²) in [6.07, 6.45) is 2.54. The molecule has 0 radical (unpaired) electrons. The minimum atomic E-state index is -0.979. The van der Waals surface area contributed by atoms with Crippen LogP contribution in [0, 0.1) is 5.82 Å². The third-order valence-electron chi connectivity index (χ3n) is 3.44. The molecular weight excluding hydrogens is 261 g/mol. The van der Waals surface area contributed by atoms with E-state index in [9.17, 15) is 14.0 Å². The Hall–Kier alpha value is -2.17. The minimum Gasteiger partial charge on any atom is -0.480 e. The van der Waals surface area contributed by atoms with E-state index >= 15 is 0 Å². The lowest BCUT2D eigenvalue weighted by atomic mass is 10.1. The molecule has 1 aromatic rings. The van der Waals surface area contributed by atoms with Gasteiger partial charge in [-0.2, -0.15) is 0 Å². The van der Waals surface area contributed by atoms with Crippen molar-refractivity contribution in [3.05, 3.63) is 41.7 Å². The summed E-state index contributed by atoms with van der Waals surface area (Å²) in [7, 11) is 0. The zero-order chi connectivity index (χ0) is 14.7. The lowest BCUT2D eigenvalue weighted by Crippen LogP contribution is -2.39. The molecule has 0 spiro atoms. The van der Waals surface area contributed by atoms with Crippen molar-refractivity contribution < 1.29 is 19.1 Å². The largest absolute Gasteiger partial charge is 0.480 e. The van der Waals surface area contributed by atoms with E-state index in [2.05, 4.69) is 0 Å². The highest BCUT2D eigenvalue weighted by atomic mass is 19.1. The van der Waals surface area contributed by atoms with Gasteiger partial charge in [-0.1, -0.05) is 12.1 Å². The smallest absolute Gasteiger partial charge is 0.326 e. The van der Waals surface area contributed by atoms with Crippen LogP contribution in [0.1, 0.15) is 25.3 Å². The Morgan fingerprint density at radius 1 is 1.45 bits per heavy atom. The molecule has 1 aliphatic rings. The first-order valence-corrected chi connectivity index (χ1v) is 6.46. The Morgan fingerprint density at radius 3 is 2.85 bits per heavy atom. The maximum Gasteiger partial charge on any atom is 0.326 e. The fourth-order valence-corrected chi connectivity index (χ4v) is 2.37. The van der Waals surface area contributed by atoms with Crippen molar-refractivity contribution in [1.82, 2.24) is 4.90 Å². The van der Waals surface area contributed by atoms with Gasteiger partial charge in [-0.05, 0) is 43.0 Å². The third kappa shape index (κ3) is 3.04. The third-order valence-corrected chi connectivity index (χ3v) is 3.44. The number of amides is 1. The van der Waals surface area contributed by atoms with Crippen molar-refractivity contribution >= 4 is 17.4 Å². The fourth-order valence-electron chi connectivity index (χ4n) is 2.37. The topological polar surface area (TPSA) is 57.6 Å². The summed E-state index contributed by atoms with van der Waals surface area (Å²) in [5.74, 6) is -1.68. The number of carbonyl (C=O) groups excluding carboxylic acids is 1. The Bertz CT molecular complexity index is 568. The monoisotopic (exact) mass is 277 g/mol. The van der Waals surface area contributed by atoms with Crippen LogP contribution in [0.25, 0.3) is 5.57 Å². The number of hydrogen-bond donors (Lipinski definition) is 1. The molecular formula is C15H16FNO3. The van der Waals surface area contributed by atoms with E-state index in [0.717, 1.165) is 0 Å². The van der Waals surface area contributed by atoms with Gasteiger partial charge in [-0.3, -0.25) is 4.79 Å². The standard InChI is InChI=1S/C15H16FNO3/c1-10(11-4-2-5-12(16)9-11)8-14(18)17-7-3-6-13(17)15(19)20/h2,4-5,8-9,13H,3,6-7H2,1H3,(H,19,20)/b10-8+. The molecule has 0 aliphatic carbocycles. The van der Waals surface area contributed by atoms with Crippen LogP contribution in [-0.4, -0.2) is 34.5 Å². The van der Waals surface area contributed by atoms with Gasteiger partial charge >= 0.3 is 5.97 Å². The van der Waals surface area contributed by atoms with Gasteiger partial charge in [0.2, 0.25) is 5.91 Å². The molecule has 1 atom stereocenters. The molecule has 4 nitrogen and oxygen atoms in total. The summed E-state index contributed by atoms with van der Waals surface area (Å²) in [4.78, 5) is 24.5. The second-order valence-corrected chi connectivity index (χ2v) is 4.87. The Morgan fingerprint density at radius 2 is 2.20 bits per heavy atom. The average Bonchev–Trinajstić information content (AvgIpc) is 2.88. The van der Waals surface area contributed by atoms with E-state index in [1.54, 1.807) is 19.1 Å². The number of likely N-dealkylation sites (tertiary alicyclic amines) is 1. The molecule has 1 unspecified atom stereocenters. The molecule has 106 valence electrons. The van der Waals surface area contributed by atoms with Gasteiger partial charge in [-0.15, -0.1) is 0 Å². The van der Waals surface area contributed by atoms with Crippen LogP contribution in [0.4, 0.5) is 4.39 Å². The van der Waals surface area contributed by atoms with Crippen molar-refractivity contribution in [2.45, 2.75) is 25.8 Å². The van der Waals surface area contributed by atoms with E-state index in [-0.39, 0.29) is 11.7 Å². The van der Waals surface area contributed by atoms with Gasteiger partial charge in [0.05, 0.1) is 0 Å². The van der Waals surface area contributed by atoms with Gasteiger partial charge in [0.25, 0.3) is 0 Å². The molecule has 1 fully saturated rings. The Balaban J connectivity index is 2.17. The normalized spacial score (nSPS) is 19.2. The number of aliphatic carboxylic acids is 1. The van der Waals surface area contributed by atoms with Crippen LogP contribution in [0.5, 0.6) is 0 Å². The number of allylic oxidation sites excluding steroid dienone is 1. The second-order valence-electron chi connectivity index (χ2n) is 4.87. The van der Waals surface area contributed by atoms with Crippen LogP contribution >= 0.6 is 0 Å². The first kappa shape index (κ1) is 14.2. The summed E-state index contributed by atoms with van der Waals surface area (Å²) in [5, 5.41) is 9.06. The van der Waals surface area contributed by atoms with Gasteiger partial charge in [0.15, 0.2) is 0 Å². The molecule has 1 aliphatic heterocycles. The van der Waals surface area contributed by atoms with Gasteiger partial charge in [-0.25, -0.2) is 9.18 Å². The van der Waals surface area contributed by atoms with Crippen LogP contribution < -0.4 is 0 Å². The molecule has 0 bridgehead atoms. The molecule has 0 aromatic heterocycles. The van der Waals surface area contributed by atoms with Crippen molar-refractivity contribution in [2.24, 2.45) is 0 Å². The number of carboxylic acid groups (broad SMARTS) is 1. The highest BCUT2D eigenvalue weighted by Gasteiger charge is 2.32. The highest BCUT2D eigenvalue weighted by molar-refractivity contribution is 5.97. The van der Waals surface area contributed by atoms with Gasteiger partial charge in [0, 0.05) is 12.6 Å². The second kappa shape index (κ2) is 5.86. The summed E-state index contributed by atoms with van der Waals surface area (Å²) in [6.45, 7) is 2.15. The van der Waals surface area contributed by atoms with E-state index in [0.29, 0.717) is 30.5 Å². The number of halogens is 1. The lowest BCUT2D eigenvalue weighted by molar-refractivity contribution is -0.146. The predicted molar refractivity (Wildman–Crippen MR) is 72.4 cm³/mol. The molecule has 0 saturated carbocycles. The van der Waals surface area contributed by atoms with Gasteiger partial charge in [0.1, 0.15) is 11.9 Å². The molecule has 1 N–H and O–H groups in total. The highest BCUT2D eigenvalue weighted by Crippen LogP contribution is 2.20. The summed E-state index contributed by atoms with van der Waals surface area (Å²) in [6, 6.07) is 5.21. The summed E-state index contributed by atoms with van der Waals surface area (Å²) in [5.41, 5.74) is 1.23. The minimum absolute atomic E-state index is 0.336. The van der Waals surface area contributed by atoms with Gasteiger partial charge < -0.3 is 10.0 Å². The van der Waals surface area contributed by atoms with E-state index < -0.39 is 12.0 Å². The average molecular weight is 277 g/mol. The SMILES string of the molecule is C/C(=C\C(=O)N1CCCC1C(=O)O)c1cccc(F)c1. The molecule has 1 aromatic carbocycles. The summed E-state index contributed by atoms with van der Waals surface area (Å²) < 4.78 is 13.1. The number of nitrogens with zero attached hydrogens (tertiary/aromatic N) is 1. The van der Waals surface area contributed by atoms with Crippen molar-refractivity contribution in [3.63, 3.8) is 0 Å². The molecule has 20 heavy (non-hydrogen) atoms. The molecule has 1 amide bonds. The fraction of sp³-hybridized carbons (Fsp3) is 0.333.